The minimum atomic E-state index is -3.55. The lowest BCUT2D eigenvalue weighted by molar-refractivity contribution is 0.203. The van der Waals surface area contributed by atoms with Crippen LogP contribution in [0.15, 0.2) is 21.5 Å². The Morgan fingerprint density at radius 1 is 1.48 bits per heavy atom. The van der Waals surface area contributed by atoms with Crippen LogP contribution in [0.3, 0.4) is 0 Å². The lowest BCUT2D eigenvalue weighted by atomic mass is 9.97. The Kier molecular flexibility index (Phi) is 5.29. The number of halogens is 1. The normalized spacial score (nSPS) is 20.6. The van der Waals surface area contributed by atoms with E-state index in [1.54, 1.807) is 19.1 Å². The van der Waals surface area contributed by atoms with E-state index in [2.05, 4.69) is 15.9 Å². The van der Waals surface area contributed by atoms with Crippen LogP contribution in [0.5, 0.6) is 0 Å². The quantitative estimate of drug-likeness (QED) is 0.788. The molecule has 0 saturated carbocycles. The highest BCUT2D eigenvalue weighted by atomic mass is 79.9. The van der Waals surface area contributed by atoms with Gasteiger partial charge in [-0.05, 0) is 49.8 Å². The molecule has 0 radical (unpaired) electrons. The number of nitrogens with zero attached hydrogens (tertiary/aromatic N) is 1. The number of sulfonamides is 1. The van der Waals surface area contributed by atoms with Crippen molar-refractivity contribution in [1.29, 1.82) is 0 Å². The molecule has 7 heteroatoms. The second kappa shape index (κ2) is 6.64. The molecule has 1 fully saturated rings. The average Bonchev–Trinajstić information content (AvgIpc) is 2.43. The van der Waals surface area contributed by atoms with Crippen LogP contribution in [0.4, 0.5) is 5.69 Å². The first-order chi connectivity index (χ1) is 9.86. The summed E-state index contributed by atoms with van der Waals surface area (Å²) < 4.78 is 27.9. The summed E-state index contributed by atoms with van der Waals surface area (Å²) in [4.78, 5) is 0.263. The van der Waals surface area contributed by atoms with Gasteiger partial charge in [-0.15, -0.1) is 0 Å². The van der Waals surface area contributed by atoms with Crippen molar-refractivity contribution < 1.29 is 13.5 Å². The van der Waals surface area contributed by atoms with Gasteiger partial charge in [0.1, 0.15) is 0 Å². The van der Waals surface area contributed by atoms with E-state index in [9.17, 15) is 8.42 Å². The van der Waals surface area contributed by atoms with E-state index in [4.69, 9.17) is 10.8 Å². The lowest BCUT2D eigenvalue weighted by Crippen LogP contribution is -2.40. The summed E-state index contributed by atoms with van der Waals surface area (Å²) in [7, 11) is -3.55. The Bertz CT molecular complexity index is 617. The van der Waals surface area contributed by atoms with Gasteiger partial charge in [0.05, 0.1) is 4.90 Å². The van der Waals surface area contributed by atoms with Gasteiger partial charge in [0.15, 0.2) is 0 Å². The van der Waals surface area contributed by atoms with Crippen LogP contribution >= 0.6 is 15.9 Å². The van der Waals surface area contributed by atoms with Gasteiger partial charge in [0.2, 0.25) is 10.0 Å². The first-order valence-electron chi connectivity index (χ1n) is 7.03. The Hall–Kier alpha value is -0.630. The van der Waals surface area contributed by atoms with Gasteiger partial charge in [-0.2, -0.15) is 4.31 Å². The Morgan fingerprint density at radius 3 is 2.86 bits per heavy atom. The van der Waals surface area contributed by atoms with E-state index in [1.165, 1.54) is 4.31 Å². The number of nitrogen functional groups attached to an aromatic ring is 1. The third-order valence-electron chi connectivity index (χ3n) is 4.00. The maximum absolute atomic E-state index is 12.8. The first-order valence-corrected chi connectivity index (χ1v) is 9.26. The molecular formula is C14H21BrN2O3S. The first kappa shape index (κ1) is 16.7. The third-order valence-corrected chi connectivity index (χ3v) is 6.45. The fraction of sp³-hybridized carbons (Fsp3) is 0.571. The Labute approximate surface area is 134 Å². The maximum atomic E-state index is 12.8. The number of hydrogen-bond acceptors (Lipinski definition) is 4. The predicted molar refractivity (Wildman–Crippen MR) is 86.5 cm³/mol. The number of nitrogens with two attached hydrogens (primary N) is 1. The van der Waals surface area contributed by atoms with Crippen LogP contribution in [0.1, 0.15) is 24.8 Å². The largest absolute Gasteiger partial charge is 0.398 e. The zero-order valence-electron chi connectivity index (χ0n) is 12.0. The predicted octanol–water partition coefficient (Wildman–Crippen LogP) is 2.12. The smallest absolute Gasteiger partial charge is 0.243 e. The molecule has 1 saturated heterocycles. The van der Waals surface area contributed by atoms with Gasteiger partial charge in [-0.3, -0.25) is 0 Å². The summed E-state index contributed by atoms with van der Waals surface area (Å²) in [6.07, 6.45) is 2.43. The number of benzene rings is 1. The molecule has 1 unspecified atom stereocenters. The van der Waals surface area contributed by atoms with E-state index >= 15 is 0 Å². The average molecular weight is 377 g/mol. The molecule has 3 N–H and O–H groups in total. The number of aliphatic hydroxyl groups excluding tert-OH is 1. The molecule has 0 amide bonds. The molecule has 21 heavy (non-hydrogen) atoms. The summed E-state index contributed by atoms with van der Waals surface area (Å²) in [5.74, 6) is 0.225. The molecule has 1 heterocycles. The van der Waals surface area contributed by atoms with E-state index < -0.39 is 10.0 Å². The van der Waals surface area contributed by atoms with Gasteiger partial charge in [0, 0.05) is 29.9 Å². The number of hydrogen-bond donors (Lipinski definition) is 2. The van der Waals surface area contributed by atoms with Crippen LogP contribution in [0.2, 0.25) is 0 Å². The summed E-state index contributed by atoms with van der Waals surface area (Å²) in [6.45, 7) is 2.82. The number of aliphatic hydroxyl groups is 1. The van der Waals surface area contributed by atoms with Crippen molar-refractivity contribution in [2.24, 2.45) is 5.92 Å². The molecule has 0 aliphatic carbocycles. The van der Waals surface area contributed by atoms with Crippen LogP contribution in [-0.4, -0.2) is 37.5 Å². The molecule has 0 spiro atoms. The molecule has 0 aromatic heterocycles. The topological polar surface area (TPSA) is 83.6 Å². The highest BCUT2D eigenvalue weighted by molar-refractivity contribution is 9.10. The molecule has 1 aliphatic rings. The van der Waals surface area contributed by atoms with Gasteiger partial charge >= 0.3 is 0 Å². The van der Waals surface area contributed by atoms with Crippen molar-refractivity contribution >= 4 is 31.6 Å². The van der Waals surface area contributed by atoms with Crippen molar-refractivity contribution in [2.45, 2.75) is 31.1 Å². The number of piperidine rings is 1. The summed E-state index contributed by atoms with van der Waals surface area (Å²) >= 11 is 3.30. The monoisotopic (exact) mass is 376 g/mol. The van der Waals surface area contributed by atoms with Crippen molar-refractivity contribution in [3.63, 3.8) is 0 Å². The summed E-state index contributed by atoms with van der Waals surface area (Å²) in [5.41, 5.74) is 6.93. The number of anilines is 1. The standard InChI is InChI=1S/C14H21BrN2O3S/c1-10-13(16)7-12(15)8-14(10)21(19,20)17-5-2-3-11(9-17)4-6-18/h7-8,11,18H,2-6,9,16H2,1H3. The lowest BCUT2D eigenvalue weighted by Gasteiger charge is -2.32. The van der Waals surface area contributed by atoms with E-state index in [-0.39, 0.29) is 17.4 Å². The maximum Gasteiger partial charge on any atom is 0.243 e. The highest BCUT2D eigenvalue weighted by Gasteiger charge is 2.31. The van der Waals surface area contributed by atoms with E-state index in [0.717, 1.165) is 12.8 Å². The molecule has 1 aromatic carbocycles. The van der Waals surface area contributed by atoms with Crippen molar-refractivity contribution in [3.05, 3.63) is 22.2 Å². The van der Waals surface area contributed by atoms with E-state index in [0.29, 0.717) is 35.2 Å². The fourth-order valence-corrected chi connectivity index (χ4v) is 5.21. The van der Waals surface area contributed by atoms with Gasteiger partial charge < -0.3 is 10.8 Å². The summed E-state index contributed by atoms with van der Waals surface area (Å²) in [6, 6.07) is 3.32. The van der Waals surface area contributed by atoms with Gasteiger partial charge in [-0.25, -0.2) is 8.42 Å². The SMILES string of the molecule is Cc1c(N)cc(Br)cc1S(=O)(=O)N1CCCC(CCO)C1. The molecular weight excluding hydrogens is 356 g/mol. The molecule has 0 bridgehead atoms. The Balaban J connectivity index is 2.34. The van der Waals surface area contributed by atoms with Crippen molar-refractivity contribution in [1.82, 2.24) is 4.31 Å². The molecule has 1 aromatic rings. The fourth-order valence-electron chi connectivity index (χ4n) is 2.74. The van der Waals surface area contributed by atoms with Crippen molar-refractivity contribution in [2.75, 3.05) is 25.4 Å². The zero-order chi connectivity index (χ0) is 15.6. The second-order valence-electron chi connectivity index (χ2n) is 5.50. The van der Waals surface area contributed by atoms with Crippen LogP contribution in [-0.2, 0) is 10.0 Å². The summed E-state index contributed by atoms with van der Waals surface area (Å²) in [5, 5.41) is 9.05. The highest BCUT2D eigenvalue weighted by Crippen LogP contribution is 2.31. The molecule has 118 valence electrons. The molecule has 5 nitrogen and oxygen atoms in total. The zero-order valence-corrected chi connectivity index (χ0v) is 14.5. The molecule has 1 aliphatic heterocycles. The second-order valence-corrected chi connectivity index (χ2v) is 8.32. The van der Waals surface area contributed by atoms with Crippen LogP contribution < -0.4 is 5.73 Å². The van der Waals surface area contributed by atoms with Gasteiger partial charge in [-0.1, -0.05) is 15.9 Å². The van der Waals surface area contributed by atoms with Gasteiger partial charge in [0.25, 0.3) is 0 Å². The molecule has 1 atom stereocenters. The Morgan fingerprint density at radius 2 is 2.19 bits per heavy atom. The minimum Gasteiger partial charge on any atom is -0.398 e. The molecule has 2 rings (SSSR count). The minimum absolute atomic E-state index is 0.0986. The number of rotatable bonds is 4. The van der Waals surface area contributed by atoms with Crippen molar-refractivity contribution in [3.8, 4) is 0 Å². The van der Waals surface area contributed by atoms with Crippen LogP contribution in [0.25, 0.3) is 0 Å². The third kappa shape index (κ3) is 3.59. The van der Waals surface area contributed by atoms with Crippen LogP contribution in [0, 0.1) is 12.8 Å². The van der Waals surface area contributed by atoms with E-state index in [1.807, 2.05) is 0 Å².